The minimum absolute atomic E-state index is 0.0527. The fourth-order valence-electron chi connectivity index (χ4n) is 3.47. The Labute approximate surface area is 189 Å². The first kappa shape index (κ1) is 21.1. The van der Waals surface area contributed by atoms with Crippen molar-refractivity contribution in [1.82, 2.24) is 9.80 Å². The molecule has 4 rings (SSSR count). The van der Waals surface area contributed by atoms with Crippen LogP contribution in [-0.2, 0) is 4.79 Å². The van der Waals surface area contributed by atoms with E-state index in [4.69, 9.17) is 23.2 Å². The van der Waals surface area contributed by atoms with Gasteiger partial charge in [-0.05, 0) is 31.2 Å². The summed E-state index contributed by atoms with van der Waals surface area (Å²) in [6, 6.07) is 13.2. The van der Waals surface area contributed by atoms with Gasteiger partial charge >= 0.3 is 0 Å². The maximum Gasteiger partial charge on any atom is 0.265 e. The summed E-state index contributed by atoms with van der Waals surface area (Å²) >= 11 is 13.9. The normalized spacial score (nSPS) is 14.8. The van der Waals surface area contributed by atoms with Crippen molar-refractivity contribution in [2.75, 3.05) is 38.0 Å². The number of rotatable bonds is 4. The smallest absolute Gasteiger partial charge is 0.265 e. The van der Waals surface area contributed by atoms with E-state index < -0.39 is 0 Å². The summed E-state index contributed by atoms with van der Waals surface area (Å²) in [7, 11) is 0. The molecule has 0 atom stereocenters. The van der Waals surface area contributed by atoms with E-state index in [9.17, 15) is 9.59 Å². The van der Waals surface area contributed by atoms with Gasteiger partial charge < -0.3 is 10.2 Å². The molecule has 2 heterocycles. The van der Waals surface area contributed by atoms with Crippen molar-refractivity contribution in [1.29, 1.82) is 0 Å². The topological polar surface area (TPSA) is 52.7 Å². The number of thiophene rings is 1. The van der Waals surface area contributed by atoms with E-state index in [1.807, 2.05) is 43.3 Å². The predicted octanol–water partition coefficient (Wildman–Crippen LogP) is 4.91. The van der Waals surface area contributed by atoms with Crippen LogP contribution in [0.15, 0.2) is 42.5 Å². The Hall–Kier alpha value is -2.12. The lowest BCUT2D eigenvalue weighted by molar-refractivity contribution is -0.117. The summed E-state index contributed by atoms with van der Waals surface area (Å²) in [6.07, 6.45) is 0. The van der Waals surface area contributed by atoms with E-state index >= 15 is 0 Å². The third-order valence-corrected chi connectivity index (χ3v) is 7.03. The monoisotopic (exact) mass is 461 g/mol. The number of piperazine rings is 1. The fourth-order valence-corrected chi connectivity index (χ4v) is 5.23. The second-order valence-electron chi connectivity index (χ2n) is 7.37. The lowest BCUT2D eigenvalue weighted by atomic mass is 10.2. The number of aryl methyl sites for hydroxylation is 1. The van der Waals surface area contributed by atoms with E-state index in [-0.39, 0.29) is 11.8 Å². The van der Waals surface area contributed by atoms with Crippen molar-refractivity contribution in [3.8, 4) is 0 Å². The van der Waals surface area contributed by atoms with Gasteiger partial charge in [0.15, 0.2) is 0 Å². The molecule has 0 radical (unpaired) electrons. The molecule has 1 saturated heterocycles. The van der Waals surface area contributed by atoms with E-state index in [1.165, 1.54) is 11.3 Å². The number of benzene rings is 2. The van der Waals surface area contributed by atoms with Gasteiger partial charge in [0.2, 0.25) is 5.91 Å². The number of hydrogen-bond donors (Lipinski definition) is 1. The molecule has 3 aromatic rings. The van der Waals surface area contributed by atoms with Crippen LogP contribution >= 0.6 is 34.5 Å². The van der Waals surface area contributed by atoms with Crippen LogP contribution < -0.4 is 5.32 Å². The molecule has 1 fully saturated rings. The molecule has 2 amide bonds. The zero-order valence-corrected chi connectivity index (χ0v) is 18.8. The van der Waals surface area contributed by atoms with Gasteiger partial charge in [0.05, 0.1) is 11.6 Å². The number of carbonyl (C=O) groups excluding carboxylic acids is 2. The zero-order chi connectivity index (χ0) is 21.3. The fraction of sp³-hybridized carbons (Fsp3) is 0.273. The molecule has 0 aliphatic carbocycles. The number of fused-ring (bicyclic) bond motifs is 1. The highest BCUT2D eigenvalue weighted by atomic mass is 35.5. The first-order valence-electron chi connectivity index (χ1n) is 9.66. The molecule has 5 nitrogen and oxygen atoms in total. The number of nitrogens with zero attached hydrogens (tertiary/aromatic N) is 2. The van der Waals surface area contributed by atoms with Gasteiger partial charge in [0.1, 0.15) is 4.88 Å². The van der Waals surface area contributed by atoms with Crippen molar-refractivity contribution >= 4 is 62.1 Å². The highest BCUT2D eigenvalue weighted by molar-refractivity contribution is 7.21. The number of carbonyl (C=O) groups is 2. The van der Waals surface area contributed by atoms with Crippen LogP contribution in [0.3, 0.4) is 0 Å². The second-order valence-corrected chi connectivity index (χ2v) is 9.23. The molecule has 1 N–H and O–H groups in total. The molecule has 156 valence electrons. The number of nitrogens with one attached hydrogen (secondary N) is 1. The Kier molecular flexibility index (Phi) is 6.29. The standard InChI is InChI=1S/C22H21Cl2N3O2S/c1-14-2-5-16(6-3-14)25-19(28)13-26-8-10-27(11-9-26)22(29)21-20(24)17-7-4-15(23)12-18(17)30-21/h2-7,12H,8-11,13H2,1H3,(H,25,28). The van der Waals surface area contributed by atoms with Gasteiger partial charge in [-0.2, -0.15) is 0 Å². The molecule has 1 aromatic heterocycles. The number of anilines is 1. The van der Waals surface area contributed by atoms with Crippen LogP contribution in [0.25, 0.3) is 10.1 Å². The van der Waals surface area contributed by atoms with Crippen LogP contribution in [0.2, 0.25) is 10.0 Å². The Morgan fingerprint density at radius 2 is 1.73 bits per heavy atom. The number of halogens is 2. The van der Waals surface area contributed by atoms with Gasteiger partial charge in [-0.1, -0.05) is 47.0 Å². The van der Waals surface area contributed by atoms with E-state index in [2.05, 4.69) is 10.2 Å². The van der Waals surface area contributed by atoms with Crippen LogP contribution in [0.5, 0.6) is 0 Å². The first-order valence-corrected chi connectivity index (χ1v) is 11.2. The number of hydrogen-bond acceptors (Lipinski definition) is 4. The molecule has 0 bridgehead atoms. The molecule has 8 heteroatoms. The van der Waals surface area contributed by atoms with Gasteiger partial charge in [0, 0.05) is 47.0 Å². The first-order chi connectivity index (χ1) is 14.4. The Balaban J connectivity index is 1.34. The van der Waals surface area contributed by atoms with E-state index in [1.54, 1.807) is 11.0 Å². The van der Waals surface area contributed by atoms with E-state index in [0.29, 0.717) is 47.6 Å². The van der Waals surface area contributed by atoms with E-state index in [0.717, 1.165) is 21.3 Å². The lowest BCUT2D eigenvalue weighted by Crippen LogP contribution is -2.50. The van der Waals surface area contributed by atoms with Crippen molar-refractivity contribution in [3.05, 3.63) is 63.0 Å². The van der Waals surface area contributed by atoms with Crippen LogP contribution in [0, 0.1) is 6.92 Å². The molecular weight excluding hydrogens is 441 g/mol. The lowest BCUT2D eigenvalue weighted by Gasteiger charge is -2.34. The van der Waals surface area contributed by atoms with Gasteiger partial charge in [-0.3, -0.25) is 14.5 Å². The van der Waals surface area contributed by atoms with Crippen molar-refractivity contribution in [2.24, 2.45) is 0 Å². The molecule has 30 heavy (non-hydrogen) atoms. The largest absolute Gasteiger partial charge is 0.335 e. The van der Waals surface area contributed by atoms with Crippen LogP contribution in [0.4, 0.5) is 5.69 Å². The molecule has 2 aromatic carbocycles. The molecule has 1 aliphatic heterocycles. The van der Waals surface area contributed by atoms with Gasteiger partial charge in [-0.25, -0.2) is 0 Å². The molecular formula is C22H21Cl2N3O2S. The van der Waals surface area contributed by atoms with Crippen molar-refractivity contribution in [3.63, 3.8) is 0 Å². The molecule has 0 saturated carbocycles. The number of amides is 2. The molecule has 1 aliphatic rings. The predicted molar refractivity (Wildman–Crippen MR) is 124 cm³/mol. The van der Waals surface area contributed by atoms with Crippen LogP contribution in [0.1, 0.15) is 15.2 Å². The van der Waals surface area contributed by atoms with Crippen LogP contribution in [-0.4, -0.2) is 54.3 Å². The SMILES string of the molecule is Cc1ccc(NC(=O)CN2CCN(C(=O)c3sc4cc(Cl)ccc4c3Cl)CC2)cc1. The maximum atomic E-state index is 13.0. The minimum Gasteiger partial charge on any atom is -0.335 e. The average molecular weight is 462 g/mol. The average Bonchev–Trinajstić information content (AvgIpc) is 3.05. The highest BCUT2D eigenvalue weighted by Gasteiger charge is 2.26. The second kappa shape index (κ2) is 8.94. The summed E-state index contributed by atoms with van der Waals surface area (Å²) in [5.41, 5.74) is 1.94. The molecule has 0 unspecified atom stereocenters. The third-order valence-electron chi connectivity index (χ3n) is 5.15. The van der Waals surface area contributed by atoms with Gasteiger partial charge in [-0.15, -0.1) is 11.3 Å². The quantitative estimate of drug-likeness (QED) is 0.600. The minimum atomic E-state index is -0.0684. The highest BCUT2D eigenvalue weighted by Crippen LogP contribution is 2.37. The summed E-state index contributed by atoms with van der Waals surface area (Å²) in [6.45, 7) is 4.71. The van der Waals surface area contributed by atoms with Crippen molar-refractivity contribution < 1.29 is 9.59 Å². The van der Waals surface area contributed by atoms with Gasteiger partial charge in [0.25, 0.3) is 5.91 Å². The summed E-state index contributed by atoms with van der Waals surface area (Å²) in [5.74, 6) is -0.121. The zero-order valence-electron chi connectivity index (χ0n) is 16.5. The summed E-state index contributed by atoms with van der Waals surface area (Å²) < 4.78 is 0.905. The summed E-state index contributed by atoms with van der Waals surface area (Å²) in [4.78, 5) is 29.7. The third kappa shape index (κ3) is 4.62. The maximum absolute atomic E-state index is 13.0. The molecule has 0 spiro atoms. The van der Waals surface area contributed by atoms with Crippen molar-refractivity contribution in [2.45, 2.75) is 6.92 Å². The Morgan fingerprint density at radius 1 is 1.03 bits per heavy atom. The summed E-state index contributed by atoms with van der Waals surface area (Å²) in [5, 5.41) is 4.87. The Morgan fingerprint density at radius 3 is 2.43 bits per heavy atom. The Bertz CT molecular complexity index is 1090.